The van der Waals surface area contributed by atoms with E-state index in [4.69, 9.17) is 4.98 Å². The predicted octanol–water partition coefficient (Wildman–Crippen LogP) is 4.35. The Morgan fingerprint density at radius 2 is 1.85 bits per heavy atom. The van der Waals surface area contributed by atoms with E-state index in [1.807, 2.05) is 54.6 Å². The molecule has 0 aliphatic carbocycles. The van der Waals surface area contributed by atoms with Crippen LogP contribution < -0.4 is 20.9 Å². The quantitative estimate of drug-likeness (QED) is 0.220. The summed E-state index contributed by atoms with van der Waals surface area (Å²) in [6.45, 7) is 7.83. The number of piperazine rings is 1. The standard InChI is InChI=1S/C30H32N8O2/c1-21(24(17-30(39)40)15-22-5-3-2-4-6-22)35-25-18-26(36-27(19-25)37-28-20-32-9-10-33-28)23-7-8-34-29(16-23)38-13-11-31-12-14-38/h2-10,16,18-20,24,31H,1,11-15,17H2,(H,39,40)(H2,33,35,36,37)/t24-/m0/s1. The van der Waals surface area contributed by atoms with Crippen LogP contribution in [0.4, 0.5) is 23.1 Å². The van der Waals surface area contributed by atoms with Gasteiger partial charge in [0.05, 0.1) is 18.3 Å². The van der Waals surface area contributed by atoms with E-state index in [9.17, 15) is 9.90 Å². The Morgan fingerprint density at radius 3 is 2.60 bits per heavy atom. The molecule has 10 heteroatoms. The molecule has 1 saturated heterocycles. The number of nitrogens with zero attached hydrogens (tertiary/aromatic N) is 5. The number of rotatable bonds is 11. The Morgan fingerprint density at radius 1 is 1.02 bits per heavy atom. The van der Waals surface area contributed by atoms with E-state index in [1.165, 1.54) is 0 Å². The highest BCUT2D eigenvalue weighted by atomic mass is 16.4. The topological polar surface area (TPSA) is 128 Å². The lowest BCUT2D eigenvalue weighted by atomic mass is 9.93. The van der Waals surface area contributed by atoms with Gasteiger partial charge in [0.15, 0.2) is 0 Å². The lowest BCUT2D eigenvalue weighted by Crippen LogP contribution is -2.43. The minimum absolute atomic E-state index is 0.0399. The first kappa shape index (κ1) is 26.8. The third kappa shape index (κ3) is 7.17. The summed E-state index contributed by atoms with van der Waals surface area (Å²) in [6.07, 6.45) is 7.15. The number of allylic oxidation sites excluding steroid dienone is 1. The molecule has 4 N–H and O–H groups in total. The van der Waals surface area contributed by atoms with Crippen LogP contribution >= 0.6 is 0 Å². The molecule has 3 aromatic heterocycles. The fourth-order valence-corrected chi connectivity index (χ4v) is 4.67. The Kier molecular flexibility index (Phi) is 8.57. The number of carboxylic acids is 1. The lowest BCUT2D eigenvalue weighted by Gasteiger charge is -2.28. The summed E-state index contributed by atoms with van der Waals surface area (Å²) >= 11 is 0. The van der Waals surface area contributed by atoms with Gasteiger partial charge in [0, 0.05) is 73.7 Å². The lowest BCUT2D eigenvalue weighted by molar-refractivity contribution is -0.137. The highest BCUT2D eigenvalue weighted by Gasteiger charge is 2.19. The van der Waals surface area contributed by atoms with Crippen molar-refractivity contribution in [1.29, 1.82) is 0 Å². The number of anilines is 4. The number of aliphatic carboxylic acids is 1. The average molecular weight is 537 g/mol. The van der Waals surface area contributed by atoms with E-state index in [1.54, 1.807) is 24.8 Å². The monoisotopic (exact) mass is 536 g/mol. The summed E-state index contributed by atoms with van der Waals surface area (Å²) in [7, 11) is 0. The fraction of sp³-hybridized carbons (Fsp3) is 0.233. The molecule has 5 rings (SSSR count). The second kappa shape index (κ2) is 12.8. The number of hydrogen-bond acceptors (Lipinski definition) is 9. The van der Waals surface area contributed by atoms with Crippen LogP contribution in [0.5, 0.6) is 0 Å². The van der Waals surface area contributed by atoms with E-state index < -0.39 is 5.97 Å². The number of hydrogen-bond donors (Lipinski definition) is 4. The van der Waals surface area contributed by atoms with Crippen molar-refractivity contribution in [2.45, 2.75) is 12.8 Å². The van der Waals surface area contributed by atoms with Gasteiger partial charge in [-0.3, -0.25) is 9.78 Å². The Balaban J connectivity index is 1.45. The first-order chi connectivity index (χ1) is 19.5. The summed E-state index contributed by atoms with van der Waals surface area (Å²) in [6, 6.07) is 17.6. The van der Waals surface area contributed by atoms with Gasteiger partial charge in [0.25, 0.3) is 0 Å². The zero-order valence-corrected chi connectivity index (χ0v) is 22.1. The number of nitrogens with one attached hydrogen (secondary N) is 3. The normalized spacial score (nSPS) is 13.8. The molecule has 1 aliphatic heterocycles. The minimum Gasteiger partial charge on any atom is -0.481 e. The Hall–Kier alpha value is -4.83. The second-order valence-electron chi connectivity index (χ2n) is 9.62. The van der Waals surface area contributed by atoms with E-state index in [0.717, 1.165) is 54.5 Å². The molecular formula is C30H32N8O2. The molecule has 10 nitrogen and oxygen atoms in total. The summed E-state index contributed by atoms with van der Waals surface area (Å²) in [4.78, 5) is 31.8. The van der Waals surface area contributed by atoms with E-state index in [2.05, 4.69) is 42.4 Å². The molecule has 0 unspecified atom stereocenters. The summed E-state index contributed by atoms with van der Waals surface area (Å²) in [5, 5.41) is 19.6. The average Bonchev–Trinajstić information content (AvgIpc) is 2.98. The minimum atomic E-state index is -0.874. The van der Waals surface area contributed by atoms with Gasteiger partial charge in [-0.2, -0.15) is 0 Å². The molecule has 1 aromatic carbocycles. The van der Waals surface area contributed by atoms with Crippen molar-refractivity contribution in [3.63, 3.8) is 0 Å². The maximum Gasteiger partial charge on any atom is 0.304 e. The number of benzene rings is 1. The van der Waals surface area contributed by atoms with Crippen molar-refractivity contribution in [1.82, 2.24) is 25.3 Å². The molecule has 0 spiro atoms. The largest absolute Gasteiger partial charge is 0.481 e. The number of carbonyl (C=O) groups is 1. The second-order valence-corrected chi connectivity index (χ2v) is 9.62. The van der Waals surface area contributed by atoms with E-state index >= 15 is 0 Å². The first-order valence-corrected chi connectivity index (χ1v) is 13.2. The van der Waals surface area contributed by atoms with Crippen LogP contribution in [-0.4, -0.2) is 57.2 Å². The molecule has 0 amide bonds. The van der Waals surface area contributed by atoms with Gasteiger partial charge < -0.3 is 26.0 Å². The van der Waals surface area contributed by atoms with Crippen molar-refractivity contribution in [2.75, 3.05) is 41.7 Å². The van der Waals surface area contributed by atoms with Crippen molar-refractivity contribution in [2.24, 2.45) is 5.92 Å². The molecule has 0 saturated carbocycles. The smallest absolute Gasteiger partial charge is 0.304 e. The van der Waals surface area contributed by atoms with E-state index in [-0.39, 0.29) is 12.3 Å². The predicted molar refractivity (Wildman–Crippen MR) is 157 cm³/mol. The maximum atomic E-state index is 11.7. The van der Waals surface area contributed by atoms with Gasteiger partial charge in [-0.1, -0.05) is 36.9 Å². The molecule has 204 valence electrons. The zero-order chi connectivity index (χ0) is 27.7. The highest BCUT2D eigenvalue weighted by molar-refractivity contribution is 5.72. The van der Waals surface area contributed by atoms with Crippen molar-refractivity contribution in [3.05, 3.63) is 97.2 Å². The molecule has 4 heterocycles. The summed E-state index contributed by atoms with van der Waals surface area (Å²) in [5.41, 5.74) is 4.02. The van der Waals surface area contributed by atoms with Crippen LogP contribution in [0.15, 0.2) is 91.7 Å². The van der Waals surface area contributed by atoms with Crippen LogP contribution in [0.2, 0.25) is 0 Å². The fourth-order valence-electron chi connectivity index (χ4n) is 4.67. The van der Waals surface area contributed by atoms with Crippen molar-refractivity contribution < 1.29 is 9.90 Å². The van der Waals surface area contributed by atoms with Gasteiger partial charge in [-0.25, -0.2) is 15.0 Å². The van der Waals surface area contributed by atoms with Gasteiger partial charge in [0.1, 0.15) is 17.5 Å². The van der Waals surface area contributed by atoms with Crippen LogP contribution in [0.1, 0.15) is 12.0 Å². The molecule has 4 aromatic rings. The van der Waals surface area contributed by atoms with Crippen LogP contribution in [0.3, 0.4) is 0 Å². The Labute approximate surface area is 233 Å². The molecule has 1 fully saturated rings. The van der Waals surface area contributed by atoms with Crippen LogP contribution in [0, 0.1) is 5.92 Å². The van der Waals surface area contributed by atoms with Gasteiger partial charge in [-0.15, -0.1) is 0 Å². The van der Waals surface area contributed by atoms with Gasteiger partial charge in [-0.05, 0) is 30.2 Å². The molecular weight excluding hydrogens is 504 g/mol. The SMILES string of the molecule is C=C(Nc1cc(Nc2cnccn2)nc(-c2ccnc(N3CCNCC3)c2)c1)[C@H](CC(=O)O)Cc1ccccc1. The molecule has 0 radical (unpaired) electrons. The molecule has 1 aliphatic rings. The van der Waals surface area contributed by atoms with Gasteiger partial charge in [0.2, 0.25) is 0 Å². The summed E-state index contributed by atoms with van der Waals surface area (Å²) in [5.74, 6) is 0.832. The number of pyridine rings is 2. The zero-order valence-electron chi connectivity index (χ0n) is 22.1. The highest BCUT2D eigenvalue weighted by Crippen LogP contribution is 2.29. The van der Waals surface area contributed by atoms with Crippen molar-refractivity contribution >= 4 is 29.1 Å². The van der Waals surface area contributed by atoms with Crippen LogP contribution in [0.25, 0.3) is 11.3 Å². The molecule has 1 atom stereocenters. The maximum absolute atomic E-state index is 11.7. The number of aromatic nitrogens is 4. The molecule has 0 bridgehead atoms. The number of carboxylic acid groups (broad SMARTS) is 1. The first-order valence-electron chi connectivity index (χ1n) is 13.2. The van der Waals surface area contributed by atoms with E-state index in [0.29, 0.717) is 23.8 Å². The van der Waals surface area contributed by atoms with Crippen molar-refractivity contribution in [3.8, 4) is 11.3 Å². The third-order valence-electron chi connectivity index (χ3n) is 6.67. The summed E-state index contributed by atoms with van der Waals surface area (Å²) < 4.78 is 0. The third-order valence-corrected chi connectivity index (χ3v) is 6.67. The van der Waals surface area contributed by atoms with Gasteiger partial charge >= 0.3 is 5.97 Å². The Bertz CT molecular complexity index is 1440. The molecule has 40 heavy (non-hydrogen) atoms. The van der Waals surface area contributed by atoms with Crippen LogP contribution in [-0.2, 0) is 11.2 Å².